The first-order chi connectivity index (χ1) is 10.1. The maximum absolute atomic E-state index is 10.9. The fraction of sp³-hybridized carbons (Fsp3) is 0.538. The van der Waals surface area contributed by atoms with Gasteiger partial charge in [-0.3, -0.25) is 10.1 Å². The van der Waals surface area contributed by atoms with Crippen molar-refractivity contribution in [2.24, 2.45) is 0 Å². The predicted octanol–water partition coefficient (Wildman–Crippen LogP) is 2.03. The van der Waals surface area contributed by atoms with Gasteiger partial charge in [0.2, 0.25) is 5.52 Å². The highest BCUT2D eigenvalue weighted by Crippen LogP contribution is 2.29. The van der Waals surface area contributed by atoms with E-state index in [1.165, 1.54) is 18.9 Å². The second-order valence-corrected chi connectivity index (χ2v) is 5.40. The maximum atomic E-state index is 10.9. The van der Waals surface area contributed by atoms with Gasteiger partial charge in [0, 0.05) is 18.7 Å². The normalized spacial score (nSPS) is 17.2. The smallest absolute Gasteiger partial charge is 0.300 e. The van der Waals surface area contributed by atoms with Gasteiger partial charge in [0.15, 0.2) is 5.52 Å². The van der Waals surface area contributed by atoms with Gasteiger partial charge in [-0.2, -0.15) is 0 Å². The predicted molar refractivity (Wildman–Crippen MR) is 77.2 cm³/mol. The molecule has 1 fully saturated rings. The second kappa shape index (κ2) is 5.65. The fourth-order valence-corrected chi connectivity index (χ4v) is 2.78. The molecule has 2 heterocycles. The van der Waals surface area contributed by atoms with E-state index >= 15 is 0 Å². The molecule has 1 N–H and O–H groups in total. The van der Waals surface area contributed by atoms with E-state index in [1.54, 1.807) is 6.07 Å². The van der Waals surface area contributed by atoms with E-state index in [4.69, 9.17) is 0 Å². The van der Waals surface area contributed by atoms with E-state index in [1.807, 2.05) is 0 Å². The molecule has 8 nitrogen and oxygen atoms in total. The quantitative estimate of drug-likeness (QED) is 0.664. The highest BCUT2D eigenvalue weighted by Gasteiger charge is 2.21. The van der Waals surface area contributed by atoms with Crippen molar-refractivity contribution in [2.45, 2.75) is 25.8 Å². The van der Waals surface area contributed by atoms with Crippen LogP contribution in [0.2, 0.25) is 0 Å². The van der Waals surface area contributed by atoms with Gasteiger partial charge in [0.25, 0.3) is 0 Å². The topological polar surface area (TPSA) is 97.3 Å². The van der Waals surface area contributed by atoms with Gasteiger partial charge in [-0.15, -0.1) is 0 Å². The minimum absolute atomic E-state index is 0.0935. The molecule has 0 spiro atoms. The van der Waals surface area contributed by atoms with Crippen LogP contribution in [-0.2, 0) is 0 Å². The Kier molecular flexibility index (Phi) is 3.70. The highest BCUT2D eigenvalue weighted by atomic mass is 16.6. The molecule has 1 saturated heterocycles. The summed E-state index contributed by atoms with van der Waals surface area (Å²) in [6.07, 6.45) is 2.50. The third-order valence-corrected chi connectivity index (χ3v) is 3.72. The molecule has 0 aliphatic carbocycles. The van der Waals surface area contributed by atoms with Gasteiger partial charge in [-0.25, -0.2) is 4.63 Å². The first-order valence-electron chi connectivity index (χ1n) is 7.03. The van der Waals surface area contributed by atoms with Crippen LogP contribution in [0.3, 0.4) is 0 Å². The van der Waals surface area contributed by atoms with Crippen LogP contribution in [0, 0.1) is 10.1 Å². The van der Waals surface area contributed by atoms with Crippen molar-refractivity contribution >= 4 is 22.4 Å². The van der Waals surface area contributed by atoms with Gasteiger partial charge >= 0.3 is 5.69 Å². The van der Waals surface area contributed by atoms with Crippen molar-refractivity contribution in [1.29, 1.82) is 0 Å². The standard InChI is InChI=1S/C13H17N5O3/c1-9(8-17-6-2-3-7-17)14-10-4-5-11(18(19)20)13-12(10)15-21-16-13/h4-5,9,14H,2-3,6-8H2,1H3. The SMILES string of the molecule is CC(CN1CCCC1)Nc1ccc([N+](=O)[O-])c2nonc12. The lowest BCUT2D eigenvalue weighted by molar-refractivity contribution is -0.383. The number of nitro benzene ring substituents is 1. The minimum Gasteiger partial charge on any atom is -0.379 e. The van der Waals surface area contributed by atoms with Crippen LogP contribution >= 0.6 is 0 Å². The lowest BCUT2D eigenvalue weighted by Crippen LogP contribution is -2.33. The number of hydrogen-bond donors (Lipinski definition) is 1. The molecule has 112 valence electrons. The number of likely N-dealkylation sites (tertiary alicyclic amines) is 1. The van der Waals surface area contributed by atoms with Crippen LogP contribution in [0.15, 0.2) is 16.8 Å². The molecule has 2 aromatic rings. The number of fused-ring (bicyclic) bond motifs is 1. The van der Waals surface area contributed by atoms with Crippen LogP contribution in [-0.4, -0.2) is 45.8 Å². The molecule has 0 saturated carbocycles. The number of non-ortho nitro benzene ring substituents is 1. The van der Waals surface area contributed by atoms with Crippen molar-refractivity contribution in [3.05, 3.63) is 22.2 Å². The van der Waals surface area contributed by atoms with E-state index in [-0.39, 0.29) is 17.2 Å². The zero-order valence-electron chi connectivity index (χ0n) is 11.8. The van der Waals surface area contributed by atoms with E-state index < -0.39 is 4.92 Å². The first kappa shape index (κ1) is 13.7. The monoisotopic (exact) mass is 291 g/mol. The third-order valence-electron chi connectivity index (χ3n) is 3.72. The number of rotatable bonds is 5. The van der Waals surface area contributed by atoms with E-state index in [0.29, 0.717) is 11.2 Å². The molecule has 1 aromatic carbocycles. The van der Waals surface area contributed by atoms with E-state index in [9.17, 15) is 10.1 Å². The summed E-state index contributed by atoms with van der Waals surface area (Å²) in [4.78, 5) is 12.9. The molecule has 0 amide bonds. The molecule has 0 bridgehead atoms. The number of hydrogen-bond acceptors (Lipinski definition) is 7. The summed E-state index contributed by atoms with van der Waals surface area (Å²) in [5.74, 6) is 0. The average Bonchev–Trinajstić information content (AvgIpc) is 3.09. The van der Waals surface area contributed by atoms with Crippen LogP contribution in [0.1, 0.15) is 19.8 Å². The van der Waals surface area contributed by atoms with Crippen molar-refractivity contribution in [1.82, 2.24) is 15.2 Å². The maximum Gasteiger partial charge on any atom is 0.300 e. The summed E-state index contributed by atoms with van der Waals surface area (Å²) in [7, 11) is 0. The number of nitrogens with zero attached hydrogens (tertiary/aromatic N) is 4. The molecule has 1 aromatic heterocycles. The Hall–Kier alpha value is -2.22. The third kappa shape index (κ3) is 2.80. The van der Waals surface area contributed by atoms with Gasteiger partial charge in [0.05, 0.1) is 10.6 Å². The Morgan fingerprint density at radius 3 is 2.81 bits per heavy atom. The zero-order chi connectivity index (χ0) is 14.8. The van der Waals surface area contributed by atoms with Gasteiger partial charge in [-0.05, 0) is 49.2 Å². The Balaban J connectivity index is 1.79. The minimum atomic E-state index is -0.482. The molecule has 3 rings (SSSR count). The van der Waals surface area contributed by atoms with Crippen molar-refractivity contribution in [3.8, 4) is 0 Å². The van der Waals surface area contributed by atoms with Gasteiger partial charge < -0.3 is 10.2 Å². The number of nitrogens with one attached hydrogen (secondary N) is 1. The van der Waals surface area contributed by atoms with Crippen LogP contribution in [0.25, 0.3) is 11.0 Å². The Morgan fingerprint density at radius 1 is 1.38 bits per heavy atom. The number of benzene rings is 1. The Morgan fingerprint density at radius 2 is 2.10 bits per heavy atom. The number of anilines is 1. The van der Waals surface area contributed by atoms with Crippen LogP contribution < -0.4 is 5.32 Å². The molecule has 1 unspecified atom stereocenters. The summed E-state index contributed by atoms with van der Waals surface area (Å²) in [5.41, 5.74) is 1.20. The molecule has 0 radical (unpaired) electrons. The van der Waals surface area contributed by atoms with Crippen LogP contribution in [0.5, 0.6) is 0 Å². The van der Waals surface area contributed by atoms with Crippen molar-refractivity contribution in [3.63, 3.8) is 0 Å². The number of aromatic nitrogens is 2. The summed E-state index contributed by atoms with van der Waals surface area (Å²) in [5, 5.41) is 21.7. The Bertz CT molecular complexity index is 650. The molecule has 1 atom stereocenters. The summed E-state index contributed by atoms with van der Waals surface area (Å²) >= 11 is 0. The van der Waals surface area contributed by atoms with Crippen molar-refractivity contribution < 1.29 is 9.55 Å². The lowest BCUT2D eigenvalue weighted by atomic mass is 10.2. The molecule has 1 aliphatic rings. The van der Waals surface area contributed by atoms with E-state index in [2.05, 4.69) is 32.1 Å². The van der Waals surface area contributed by atoms with Gasteiger partial charge in [-0.1, -0.05) is 0 Å². The summed E-state index contributed by atoms with van der Waals surface area (Å²) in [6, 6.07) is 3.30. The lowest BCUT2D eigenvalue weighted by Gasteiger charge is -2.21. The van der Waals surface area contributed by atoms with E-state index in [0.717, 1.165) is 19.6 Å². The second-order valence-electron chi connectivity index (χ2n) is 5.40. The largest absolute Gasteiger partial charge is 0.379 e. The average molecular weight is 291 g/mol. The number of nitro groups is 1. The fourth-order valence-electron chi connectivity index (χ4n) is 2.78. The summed E-state index contributed by atoms with van der Waals surface area (Å²) in [6.45, 7) is 5.28. The first-order valence-corrected chi connectivity index (χ1v) is 7.03. The van der Waals surface area contributed by atoms with Crippen molar-refractivity contribution in [2.75, 3.05) is 25.0 Å². The molecule has 8 heteroatoms. The molecule has 1 aliphatic heterocycles. The van der Waals surface area contributed by atoms with Crippen LogP contribution in [0.4, 0.5) is 11.4 Å². The molecular weight excluding hydrogens is 274 g/mol. The van der Waals surface area contributed by atoms with Gasteiger partial charge in [0.1, 0.15) is 0 Å². The molecule has 21 heavy (non-hydrogen) atoms. The highest BCUT2D eigenvalue weighted by molar-refractivity contribution is 5.93. The summed E-state index contributed by atoms with van der Waals surface area (Å²) < 4.78 is 4.66. The Labute approximate surface area is 121 Å². The zero-order valence-corrected chi connectivity index (χ0v) is 11.8. The molecular formula is C13H17N5O3.